The van der Waals surface area contributed by atoms with Crippen molar-refractivity contribution in [3.8, 4) is 0 Å². The highest BCUT2D eigenvalue weighted by molar-refractivity contribution is 7.10. The summed E-state index contributed by atoms with van der Waals surface area (Å²) >= 11 is 1.66. The maximum absolute atomic E-state index is 12.1. The van der Waals surface area contributed by atoms with E-state index in [1.165, 1.54) is 0 Å². The van der Waals surface area contributed by atoms with Gasteiger partial charge in [0.15, 0.2) is 0 Å². The van der Waals surface area contributed by atoms with E-state index in [1.807, 2.05) is 22.4 Å². The Labute approximate surface area is 100 Å². The molecule has 16 heavy (non-hydrogen) atoms. The number of thiophene rings is 1. The highest BCUT2D eigenvalue weighted by Crippen LogP contribution is 2.13. The molecule has 0 bridgehead atoms. The predicted molar refractivity (Wildman–Crippen MR) is 66.7 cm³/mol. The minimum absolute atomic E-state index is 0.263. The van der Waals surface area contributed by atoms with Crippen LogP contribution in [0.15, 0.2) is 17.5 Å². The summed E-state index contributed by atoms with van der Waals surface area (Å²) in [5.41, 5.74) is 0. The Bertz CT molecular complexity index is 337. The highest BCUT2D eigenvalue weighted by Gasteiger charge is 2.21. The van der Waals surface area contributed by atoms with Crippen molar-refractivity contribution in [3.05, 3.63) is 22.4 Å². The topological polar surface area (TPSA) is 32.3 Å². The van der Waals surface area contributed by atoms with Gasteiger partial charge in [-0.3, -0.25) is 4.79 Å². The number of rotatable bonds is 2. The third-order valence-corrected chi connectivity index (χ3v) is 3.83. The Morgan fingerprint density at radius 3 is 3.31 bits per heavy atom. The molecule has 1 saturated heterocycles. The summed E-state index contributed by atoms with van der Waals surface area (Å²) in [6.45, 7) is 4.94. The Morgan fingerprint density at radius 2 is 2.56 bits per heavy atom. The lowest BCUT2D eigenvalue weighted by Gasteiger charge is -2.26. The molecule has 0 aromatic carbocycles. The van der Waals surface area contributed by atoms with Gasteiger partial charge in [0.1, 0.15) is 0 Å². The van der Waals surface area contributed by atoms with Gasteiger partial charge in [0, 0.05) is 24.0 Å². The van der Waals surface area contributed by atoms with Crippen molar-refractivity contribution in [2.24, 2.45) is 0 Å². The van der Waals surface area contributed by atoms with Crippen LogP contribution in [-0.2, 0) is 11.2 Å². The minimum Gasteiger partial charge on any atom is -0.338 e. The summed E-state index contributed by atoms with van der Waals surface area (Å²) < 4.78 is 0. The van der Waals surface area contributed by atoms with E-state index >= 15 is 0 Å². The van der Waals surface area contributed by atoms with Crippen LogP contribution < -0.4 is 5.32 Å². The zero-order chi connectivity index (χ0) is 11.4. The van der Waals surface area contributed by atoms with Crippen LogP contribution >= 0.6 is 11.3 Å². The number of carbonyl (C=O) groups is 1. The SMILES string of the molecule is CC1CNCCCN1C(=O)Cc1cccs1. The number of hydrogen-bond donors (Lipinski definition) is 1. The molecule has 1 atom stereocenters. The summed E-state index contributed by atoms with van der Waals surface area (Å²) in [7, 11) is 0. The van der Waals surface area contributed by atoms with E-state index in [1.54, 1.807) is 11.3 Å². The van der Waals surface area contributed by atoms with Crippen LogP contribution in [0.3, 0.4) is 0 Å². The van der Waals surface area contributed by atoms with Gasteiger partial charge in [0.2, 0.25) is 5.91 Å². The fourth-order valence-electron chi connectivity index (χ4n) is 2.05. The van der Waals surface area contributed by atoms with Gasteiger partial charge in [-0.2, -0.15) is 0 Å². The van der Waals surface area contributed by atoms with Gasteiger partial charge in [0.05, 0.1) is 6.42 Å². The van der Waals surface area contributed by atoms with E-state index in [2.05, 4.69) is 12.2 Å². The van der Waals surface area contributed by atoms with Gasteiger partial charge in [-0.05, 0) is 31.3 Å². The monoisotopic (exact) mass is 238 g/mol. The van der Waals surface area contributed by atoms with Gasteiger partial charge >= 0.3 is 0 Å². The van der Waals surface area contributed by atoms with Gasteiger partial charge in [-0.25, -0.2) is 0 Å². The van der Waals surface area contributed by atoms with Crippen LogP contribution in [0.25, 0.3) is 0 Å². The molecule has 1 fully saturated rings. The number of nitrogens with one attached hydrogen (secondary N) is 1. The van der Waals surface area contributed by atoms with Crippen LogP contribution in [-0.4, -0.2) is 36.5 Å². The fraction of sp³-hybridized carbons (Fsp3) is 0.583. The van der Waals surface area contributed by atoms with E-state index < -0.39 is 0 Å². The zero-order valence-corrected chi connectivity index (χ0v) is 10.4. The van der Waals surface area contributed by atoms with Crippen molar-refractivity contribution in [2.45, 2.75) is 25.8 Å². The molecule has 1 aliphatic rings. The third-order valence-electron chi connectivity index (χ3n) is 2.95. The molecule has 2 heterocycles. The molecule has 1 aromatic heterocycles. The normalized spacial score (nSPS) is 21.8. The summed E-state index contributed by atoms with van der Waals surface area (Å²) in [4.78, 5) is 15.3. The maximum Gasteiger partial charge on any atom is 0.228 e. The molecule has 0 spiro atoms. The van der Waals surface area contributed by atoms with E-state index in [4.69, 9.17) is 0 Å². The van der Waals surface area contributed by atoms with E-state index in [0.29, 0.717) is 12.5 Å². The van der Waals surface area contributed by atoms with Crippen LogP contribution in [0.4, 0.5) is 0 Å². The molecule has 1 aliphatic heterocycles. The van der Waals surface area contributed by atoms with Crippen molar-refractivity contribution >= 4 is 17.2 Å². The first-order chi connectivity index (χ1) is 7.77. The molecule has 1 unspecified atom stereocenters. The zero-order valence-electron chi connectivity index (χ0n) is 9.61. The van der Waals surface area contributed by atoms with E-state index in [9.17, 15) is 4.79 Å². The first kappa shape index (κ1) is 11.6. The molecular formula is C12H18N2OS. The quantitative estimate of drug-likeness (QED) is 0.847. The van der Waals surface area contributed by atoms with Crippen molar-refractivity contribution in [2.75, 3.05) is 19.6 Å². The summed E-state index contributed by atoms with van der Waals surface area (Å²) in [6, 6.07) is 4.35. The highest BCUT2D eigenvalue weighted by atomic mass is 32.1. The van der Waals surface area contributed by atoms with Crippen LogP contribution in [0.2, 0.25) is 0 Å². The summed E-state index contributed by atoms with van der Waals surface area (Å²) in [6.07, 6.45) is 1.61. The lowest BCUT2D eigenvalue weighted by molar-refractivity contribution is -0.132. The molecule has 0 radical (unpaired) electrons. The molecule has 0 saturated carbocycles. The van der Waals surface area contributed by atoms with Gasteiger partial charge < -0.3 is 10.2 Å². The molecule has 2 rings (SSSR count). The fourth-order valence-corrected chi connectivity index (χ4v) is 2.75. The molecule has 4 heteroatoms. The second kappa shape index (κ2) is 5.46. The number of carbonyl (C=O) groups excluding carboxylic acids is 1. The Morgan fingerprint density at radius 1 is 1.69 bits per heavy atom. The van der Waals surface area contributed by atoms with Gasteiger partial charge in [-0.15, -0.1) is 11.3 Å². The van der Waals surface area contributed by atoms with Crippen molar-refractivity contribution < 1.29 is 4.79 Å². The molecule has 1 aromatic rings. The second-order valence-electron chi connectivity index (χ2n) is 4.25. The Kier molecular flexibility index (Phi) is 3.96. The lowest BCUT2D eigenvalue weighted by Crippen LogP contribution is -2.42. The van der Waals surface area contributed by atoms with Gasteiger partial charge in [-0.1, -0.05) is 6.07 Å². The number of amides is 1. The van der Waals surface area contributed by atoms with Crippen molar-refractivity contribution in [1.82, 2.24) is 10.2 Å². The molecule has 88 valence electrons. The molecular weight excluding hydrogens is 220 g/mol. The average molecular weight is 238 g/mol. The van der Waals surface area contributed by atoms with Crippen LogP contribution in [0.1, 0.15) is 18.2 Å². The first-order valence-electron chi connectivity index (χ1n) is 5.80. The first-order valence-corrected chi connectivity index (χ1v) is 6.68. The number of nitrogens with zero attached hydrogens (tertiary/aromatic N) is 1. The van der Waals surface area contributed by atoms with Crippen molar-refractivity contribution in [1.29, 1.82) is 0 Å². The molecule has 1 N–H and O–H groups in total. The van der Waals surface area contributed by atoms with Crippen LogP contribution in [0, 0.1) is 0 Å². The molecule has 0 aliphatic carbocycles. The summed E-state index contributed by atoms with van der Waals surface area (Å²) in [5, 5.41) is 5.37. The van der Waals surface area contributed by atoms with E-state index in [0.717, 1.165) is 30.9 Å². The second-order valence-corrected chi connectivity index (χ2v) is 5.28. The predicted octanol–water partition coefficient (Wildman–Crippen LogP) is 1.50. The van der Waals surface area contributed by atoms with Gasteiger partial charge in [0.25, 0.3) is 0 Å². The molecule has 1 amide bonds. The largest absolute Gasteiger partial charge is 0.338 e. The Balaban J connectivity index is 1.97. The third kappa shape index (κ3) is 2.83. The van der Waals surface area contributed by atoms with Crippen molar-refractivity contribution in [3.63, 3.8) is 0 Å². The maximum atomic E-state index is 12.1. The number of hydrogen-bond acceptors (Lipinski definition) is 3. The summed E-state index contributed by atoms with van der Waals surface area (Å²) in [5.74, 6) is 0.263. The standard InChI is InChI=1S/C12H18N2OS/c1-10-9-13-5-3-6-14(10)12(15)8-11-4-2-7-16-11/h2,4,7,10,13H,3,5-6,8-9H2,1H3. The minimum atomic E-state index is 0.263. The van der Waals surface area contributed by atoms with Crippen LogP contribution in [0.5, 0.6) is 0 Å². The lowest BCUT2D eigenvalue weighted by atomic mass is 10.2. The molecule has 3 nitrogen and oxygen atoms in total. The Hall–Kier alpha value is -0.870. The smallest absolute Gasteiger partial charge is 0.228 e. The average Bonchev–Trinajstić information content (AvgIpc) is 2.66. The van der Waals surface area contributed by atoms with E-state index in [-0.39, 0.29) is 5.91 Å².